The lowest BCUT2D eigenvalue weighted by Crippen LogP contribution is -2.23. The van der Waals surface area contributed by atoms with E-state index in [0.29, 0.717) is 0 Å². The molecule has 0 unspecified atom stereocenters. The Morgan fingerprint density at radius 2 is 1.81 bits per heavy atom. The normalized spacial score (nSPS) is 19.1. The summed E-state index contributed by atoms with van der Waals surface area (Å²) in [6.45, 7) is 4.53. The second kappa shape index (κ2) is 4.38. The van der Waals surface area contributed by atoms with Gasteiger partial charge in [-0.25, -0.2) is 0 Å². The van der Waals surface area contributed by atoms with Gasteiger partial charge < -0.3 is 5.32 Å². The molecule has 1 aliphatic rings. The van der Waals surface area contributed by atoms with Gasteiger partial charge in [-0.3, -0.25) is 0 Å². The second-order valence-corrected chi connectivity index (χ2v) is 5.67. The lowest BCUT2D eigenvalue weighted by molar-refractivity contribution is 0.376. The lowest BCUT2D eigenvalue weighted by atomic mass is 9.79. The van der Waals surface area contributed by atoms with Gasteiger partial charge in [0.05, 0.1) is 0 Å². The van der Waals surface area contributed by atoms with Gasteiger partial charge >= 0.3 is 0 Å². The van der Waals surface area contributed by atoms with E-state index in [1.54, 1.807) is 0 Å². The monoisotopic (exact) mass is 231 g/mol. The molecule has 0 aliphatic heterocycles. The molecular formula is C14H17NS. The van der Waals surface area contributed by atoms with Crippen molar-refractivity contribution in [3.05, 3.63) is 42.1 Å². The van der Waals surface area contributed by atoms with Crippen molar-refractivity contribution in [1.82, 2.24) is 0 Å². The van der Waals surface area contributed by atoms with Crippen LogP contribution in [0.1, 0.15) is 26.7 Å². The number of hydrogen-bond donors (Lipinski definition) is 1. The molecule has 0 bridgehead atoms. The zero-order valence-electron chi connectivity index (χ0n) is 9.79. The third kappa shape index (κ3) is 2.92. The average Bonchev–Trinajstić information content (AvgIpc) is 2.15. The molecule has 0 saturated carbocycles. The van der Waals surface area contributed by atoms with Crippen molar-refractivity contribution in [2.75, 3.05) is 5.32 Å². The fourth-order valence-electron chi connectivity index (χ4n) is 2.13. The molecule has 0 saturated heterocycles. The van der Waals surface area contributed by atoms with Crippen LogP contribution >= 0.6 is 12.2 Å². The Labute approximate surface area is 103 Å². The number of para-hydroxylation sites is 1. The van der Waals surface area contributed by atoms with E-state index in [4.69, 9.17) is 12.2 Å². The predicted octanol–water partition coefficient (Wildman–Crippen LogP) is 4.17. The van der Waals surface area contributed by atoms with Gasteiger partial charge in [-0.15, -0.1) is 0 Å². The van der Waals surface area contributed by atoms with Crippen molar-refractivity contribution < 1.29 is 0 Å². The largest absolute Gasteiger partial charge is 0.359 e. The minimum Gasteiger partial charge on any atom is -0.359 e. The van der Waals surface area contributed by atoms with E-state index in [1.165, 1.54) is 5.70 Å². The first-order valence-electron chi connectivity index (χ1n) is 5.61. The highest BCUT2D eigenvalue weighted by molar-refractivity contribution is 7.80. The van der Waals surface area contributed by atoms with Gasteiger partial charge in [0.25, 0.3) is 0 Å². The Balaban J connectivity index is 2.14. The van der Waals surface area contributed by atoms with Crippen LogP contribution in [0.5, 0.6) is 0 Å². The summed E-state index contributed by atoms with van der Waals surface area (Å²) in [5.41, 5.74) is 2.64. The van der Waals surface area contributed by atoms with E-state index in [2.05, 4.69) is 37.4 Å². The zero-order valence-corrected chi connectivity index (χ0v) is 10.6. The van der Waals surface area contributed by atoms with Crippen LogP contribution < -0.4 is 5.32 Å². The summed E-state index contributed by atoms with van der Waals surface area (Å²) in [6.07, 6.45) is 4.18. The van der Waals surface area contributed by atoms with Crippen LogP contribution in [0, 0.1) is 5.41 Å². The number of anilines is 1. The fourth-order valence-corrected chi connectivity index (χ4v) is 2.67. The van der Waals surface area contributed by atoms with E-state index >= 15 is 0 Å². The summed E-state index contributed by atoms with van der Waals surface area (Å²) in [7, 11) is 0. The van der Waals surface area contributed by atoms with Crippen molar-refractivity contribution in [2.45, 2.75) is 26.7 Å². The number of benzene rings is 1. The molecule has 0 aromatic heterocycles. The lowest BCUT2D eigenvalue weighted by Gasteiger charge is -2.30. The maximum Gasteiger partial charge on any atom is 0.0381 e. The summed E-state index contributed by atoms with van der Waals surface area (Å²) in [6, 6.07) is 10.2. The average molecular weight is 231 g/mol. The van der Waals surface area contributed by atoms with Crippen molar-refractivity contribution in [2.24, 2.45) is 5.41 Å². The van der Waals surface area contributed by atoms with E-state index in [1.807, 2.05) is 18.2 Å². The molecule has 84 valence electrons. The van der Waals surface area contributed by atoms with Gasteiger partial charge in [-0.2, -0.15) is 0 Å². The van der Waals surface area contributed by atoms with Crippen LogP contribution in [-0.4, -0.2) is 4.86 Å². The minimum absolute atomic E-state index is 0.281. The van der Waals surface area contributed by atoms with Gasteiger partial charge in [0.1, 0.15) is 0 Å². The molecule has 2 heteroatoms. The van der Waals surface area contributed by atoms with E-state index in [9.17, 15) is 0 Å². The quantitative estimate of drug-likeness (QED) is 0.767. The maximum absolute atomic E-state index is 5.33. The SMILES string of the molecule is CC1(C)CC(=S)C=C(Nc2ccccc2)C1. The summed E-state index contributed by atoms with van der Waals surface area (Å²) in [5.74, 6) is 0. The van der Waals surface area contributed by atoms with Crippen LogP contribution in [0.2, 0.25) is 0 Å². The molecule has 0 radical (unpaired) electrons. The highest BCUT2D eigenvalue weighted by Crippen LogP contribution is 2.34. The second-order valence-electron chi connectivity index (χ2n) is 5.14. The van der Waals surface area contributed by atoms with Gasteiger partial charge in [0, 0.05) is 16.2 Å². The summed E-state index contributed by atoms with van der Waals surface area (Å²) < 4.78 is 0. The third-order valence-corrected chi connectivity index (χ3v) is 3.00. The number of hydrogen-bond acceptors (Lipinski definition) is 2. The van der Waals surface area contributed by atoms with E-state index in [0.717, 1.165) is 23.4 Å². The highest BCUT2D eigenvalue weighted by atomic mass is 32.1. The molecule has 0 heterocycles. The van der Waals surface area contributed by atoms with Gasteiger partial charge in [-0.1, -0.05) is 44.3 Å². The fraction of sp³-hybridized carbons (Fsp3) is 0.357. The van der Waals surface area contributed by atoms with Crippen molar-refractivity contribution >= 4 is 22.8 Å². The molecule has 1 aromatic carbocycles. The van der Waals surface area contributed by atoms with Crippen LogP contribution in [0.25, 0.3) is 0 Å². The first-order valence-corrected chi connectivity index (χ1v) is 6.01. The Hall–Kier alpha value is -1.15. The predicted molar refractivity (Wildman–Crippen MR) is 73.8 cm³/mol. The number of allylic oxidation sites excluding steroid dienone is 2. The molecule has 1 nitrogen and oxygen atoms in total. The summed E-state index contributed by atoms with van der Waals surface area (Å²) in [4.78, 5) is 1.05. The molecule has 16 heavy (non-hydrogen) atoms. The molecule has 0 fully saturated rings. The Kier molecular flexibility index (Phi) is 3.10. The number of thiocarbonyl (C=S) groups is 1. The Morgan fingerprint density at radius 1 is 1.12 bits per heavy atom. The Bertz CT molecular complexity index is 418. The van der Waals surface area contributed by atoms with Gasteiger partial charge in [0.15, 0.2) is 0 Å². The summed E-state index contributed by atoms with van der Waals surface area (Å²) >= 11 is 5.33. The van der Waals surface area contributed by atoms with E-state index < -0.39 is 0 Å². The van der Waals surface area contributed by atoms with Crippen molar-refractivity contribution in [1.29, 1.82) is 0 Å². The number of rotatable bonds is 2. The smallest absolute Gasteiger partial charge is 0.0381 e. The minimum atomic E-state index is 0.281. The van der Waals surface area contributed by atoms with Gasteiger partial charge in [-0.05, 0) is 36.5 Å². The topological polar surface area (TPSA) is 12.0 Å². The van der Waals surface area contributed by atoms with Crippen molar-refractivity contribution in [3.63, 3.8) is 0 Å². The van der Waals surface area contributed by atoms with Crippen LogP contribution in [-0.2, 0) is 0 Å². The van der Waals surface area contributed by atoms with Crippen LogP contribution in [0.3, 0.4) is 0 Å². The standard InChI is InChI=1S/C14H17NS/c1-14(2)9-12(8-13(16)10-14)15-11-6-4-3-5-7-11/h3-8,15H,9-10H2,1-2H3. The molecular weight excluding hydrogens is 214 g/mol. The molecule has 1 N–H and O–H groups in total. The number of nitrogens with one attached hydrogen (secondary N) is 1. The van der Waals surface area contributed by atoms with E-state index in [-0.39, 0.29) is 5.41 Å². The Morgan fingerprint density at radius 3 is 2.44 bits per heavy atom. The first kappa shape index (κ1) is 11.3. The summed E-state index contributed by atoms with van der Waals surface area (Å²) in [5, 5.41) is 3.44. The van der Waals surface area contributed by atoms with Crippen LogP contribution in [0.15, 0.2) is 42.1 Å². The molecule has 2 rings (SSSR count). The zero-order chi connectivity index (χ0) is 11.6. The third-order valence-electron chi connectivity index (χ3n) is 2.74. The maximum atomic E-state index is 5.33. The first-order chi connectivity index (χ1) is 7.55. The van der Waals surface area contributed by atoms with Crippen LogP contribution in [0.4, 0.5) is 5.69 Å². The molecule has 1 aromatic rings. The van der Waals surface area contributed by atoms with Gasteiger partial charge in [0.2, 0.25) is 0 Å². The molecule has 0 amide bonds. The molecule has 0 atom stereocenters. The highest BCUT2D eigenvalue weighted by Gasteiger charge is 2.25. The molecule has 1 aliphatic carbocycles. The molecule has 0 spiro atoms. The van der Waals surface area contributed by atoms with Crippen molar-refractivity contribution in [3.8, 4) is 0 Å².